The van der Waals surface area contributed by atoms with Crippen molar-refractivity contribution in [3.63, 3.8) is 0 Å². The van der Waals surface area contributed by atoms with Crippen molar-refractivity contribution in [1.82, 2.24) is 25.5 Å². The first kappa shape index (κ1) is 15.5. The molecule has 7 nitrogen and oxygen atoms in total. The summed E-state index contributed by atoms with van der Waals surface area (Å²) in [5, 5.41) is 17.3. The fraction of sp³-hybridized carbons (Fsp3) is 0.727. The molecular weight excluding hydrogens is 264 g/mol. The van der Waals surface area contributed by atoms with E-state index in [-0.39, 0.29) is 17.0 Å². The van der Waals surface area contributed by atoms with Gasteiger partial charge in [0.25, 0.3) is 5.95 Å². The second kappa shape index (κ2) is 6.05. The number of thiocarbonyl (C=S) groups is 1. The maximum absolute atomic E-state index is 11.7. The van der Waals surface area contributed by atoms with E-state index in [0.717, 1.165) is 0 Å². The molecule has 0 aliphatic heterocycles. The van der Waals surface area contributed by atoms with Gasteiger partial charge in [0.05, 0.1) is 6.54 Å². The van der Waals surface area contributed by atoms with Gasteiger partial charge < -0.3 is 5.32 Å². The second-order valence-corrected chi connectivity index (χ2v) is 6.13. The summed E-state index contributed by atoms with van der Waals surface area (Å²) >= 11 is 5.02. The highest BCUT2D eigenvalue weighted by atomic mass is 32.1. The molecule has 1 rings (SSSR count). The topological polar surface area (TPSA) is 84.7 Å². The SMILES string of the molecule is CC(C)Cn1nnc(NC(=S)NC(=O)C(C)(C)C)n1. The van der Waals surface area contributed by atoms with Crippen LogP contribution in [-0.2, 0) is 11.3 Å². The Hall–Kier alpha value is -1.57. The van der Waals surface area contributed by atoms with Gasteiger partial charge in [-0.2, -0.15) is 4.80 Å². The summed E-state index contributed by atoms with van der Waals surface area (Å²) in [6, 6.07) is 0. The molecule has 0 radical (unpaired) electrons. The van der Waals surface area contributed by atoms with Crippen molar-refractivity contribution in [3.8, 4) is 0 Å². The van der Waals surface area contributed by atoms with Crippen molar-refractivity contribution < 1.29 is 4.79 Å². The molecule has 0 spiro atoms. The average molecular weight is 284 g/mol. The number of tetrazole rings is 1. The monoisotopic (exact) mass is 284 g/mol. The molecular formula is C11H20N6OS. The van der Waals surface area contributed by atoms with E-state index in [2.05, 4.69) is 39.9 Å². The summed E-state index contributed by atoms with van der Waals surface area (Å²) < 4.78 is 0. The van der Waals surface area contributed by atoms with Crippen molar-refractivity contribution >= 4 is 29.2 Å². The van der Waals surface area contributed by atoms with Crippen molar-refractivity contribution in [2.75, 3.05) is 5.32 Å². The summed E-state index contributed by atoms with van der Waals surface area (Å²) in [4.78, 5) is 13.2. The number of carbonyl (C=O) groups is 1. The van der Waals surface area contributed by atoms with Crippen LogP contribution in [0.15, 0.2) is 0 Å². The van der Waals surface area contributed by atoms with E-state index in [0.29, 0.717) is 12.5 Å². The van der Waals surface area contributed by atoms with Crippen molar-refractivity contribution in [2.45, 2.75) is 41.2 Å². The van der Waals surface area contributed by atoms with E-state index in [1.807, 2.05) is 20.8 Å². The Morgan fingerprint density at radius 3 is 2.58 bits per heavy atom. The molecule has 1 amide bonds. The van der Waals surface area contributed by atoms with Gasteiger partial charge >= 0.3 is 0 Å². The Labute approximate surface area is 118 Å². The van der Waals surface area contributed by atoms with Gasteiger partial charge in [-0.3, -0.25) is 10.1 Å². The number of aromatic nitrogens is 4. The van der Waals surface area contributed by atoms with Crippen LogP contribution in [0.4, 0.5) is 5.95 Å². The standard InChI is InChI=1S/C11H20N6OS/c1-7(2)6-17-15-9(14-16-17)13-10(19)12-8(18)11(3,4)5/h7H,6H2,1-5H3,(H2,12,13,15,18,19). The molecule has 1 aromatic rings. The zero-order valence-corrected chi connectivity index (χ0v) is 12.7. The number of hydrogen-bond acceptors (Lipinski definition) is 5. The fourth-order valence-corrected chi connectivity index (χ4v) is 1.30. The maximum atomic E-state index is 11.7. The first-order valence-corrected chi connectivity index (χ1v) is 6.49. The lowest BCUT2D eigenvalue weighted by molar-refractivity contribution is -0.126. The third kappa shape index (κ3) is 5.29. The van der Waals surface area contributed by atoms with Gasteiger partial charge in [-0.25, -0.2) is 0 Å². The lowest BCUT2D eigenvalue weighted by Crippen LogP contribution is -2.41. The quantitative estimate of drug-likeness (QED) is 0.811. The van der Waals surface area contributed by atoms with E-state index in [4.69, 9.17) is 12.2 Å². The molecule has 0 aromatic carbocycles. The van der Waals surface area contributed by atoms with Crippen LogP contribution in [0.2, 0.25) is 0 Å². The number of hydrogen-bond donors (Lipinski definition) is 2. The Kier molecular flexibility index (Phi) is 4.93. The average Bonchev–Trinajstić information content (AvgIpc) is 2.62. The van der Waals surface area contributed by atoms with Crippen LogP contribution in [0.1, 0.15) is 34.6 Å². The van der Waals surface area contributed by atoms with E-state index in [1.165, 1.54) is 4.80 Å². The Bertz CT molecular complexity index is 462. The molecule has 19 heavy (non-hydrogen) atoms. The largest absolute Gasteiger partial charge is 0.302 e. The van der Waals surface area contributed by atoms with Gasteiger partial charge in [0, 0.05) is 5.41 Å². The highest BCUT2D eigenvalue weighted by Crippen LogP contribution is 2.12. The summed E-state index contributed by atoms with van der Waals surface area (Å²) in [5.41, 5.74) is -0.506. The van der Waals surface area contributed by atoms with Crippen LogP contribution >= 0.6 is 12.2 Å². The number of rotatable bonds is 3. The normalized spacial score (nSPS) is 11.5. The third-order valence-electron chi connectivity index (χ3n) is 2.11. The molecule has 1 aromatic heterocycles. The predicted octanol–water partition coefficient (Wildman–Crippen LogP) is 1.19. The van der Waals surface area contributed by atoms with E-state index in [1.54, 1.807) is 0 Å². The van der Waals surface area contributed by atoms with Crippen LogP contribution in [0.5, 0.6) is 0 Å². The molecule has 0 bridgehead atoms. The highest BCUT2D eigenvalue weighted by molar-refractivity contribution is 7.80. The predicted molar refractivity (Wildman–Crippen MR) is 76.5 cm³/mol. The molecule has 2 N–H and O–H groups in total. The Morgan fingerprint density at radius 2 is 2.05 bits per heavy atom. The van der Waals surface area contributed by atoms with Gasteiger partial charge in [-0.1, -0.05) is 39.7 Å². The van der Waals surface area contributed by atoms with E-state index in [9.17, 15) is 4.79 Å². The van der Waals surface area contributed by atoms with Crippen molar-refractivity contribution in [1.29, 1.82) is 0 Å². The number of anilines is 1. The van der Waals surface area contributed by atoms with Crippen LogP contribution in [-0.4, -0.2) is 31.2 Å². The number of nitrogens with one attached hydrogen (secondary N) is 2. The van der Waals surface area contributed by atoms with Crippen LogP contribution in [0, 0.1) is 11.3 Å². The van der Waals surface area contributed by atoms with Crippen molar-refractivity contribution in [2.24, 2.45) is 11.3 Å². The molecule has 0 saturated carbocycles. The summed E-state index contributed by atoms with van der Waals surface area (Å²) in [6.45, 7) is 10.2. The summed E-state index contributed by atoms with van der Waals surface area (Å²) in [7, 11) is 0. The second-order valence-electron chi connectivity index (χ2n) is 5.72. The zero-order valence-electron chi connectivity index (χ0n) is 11.9. The molecule has 0 saturated heterocycles. The van der Waals surface area contributed by atoms with Crippen LogP contribution < -0.4 is 10.6 Å². The minimum Gasteiger partial charge on any atom is -0.302 e. The zero-order chi connectivity index (χ0) is 14.6. The molecule has 0 aliphatic rings. The van der Waals surface area contributed by atoms with Crippen molar-refractivity contribution in [3.05, 3.63) is 0 Å². The first-order valence-electron chi connectivity index (χ1n) is 6.08. The minimum atomic E-state index is -0.506. The molecule has 0 fully saturated rings. The molecule has 0 unspecified atom stereocenters. The minimum absolute atomic E-state index is 0.167. The lowest BCUT2D eigenvalue weighted by Gasteiger charge is -2.17. The molecule has 0 aliphatic carbocycles. The van der Waals surface area contributed by atoms with Gasteiger partial charge in [0.15, 0.2) is 5.11 Å². The number of carbonyl (C=O) groups excluding carboxylic acids is 1. The van der Waals surface area contributed by atoms with Crippen LogP contribution in [0.3, 0.4) is 0 Å². The molecule has 1 heterocycles. The molecule has 0 atom stereocenters. The van der Waals surface area contributed by atoms with Gasteiger partial charge in [-0.05, 0) is 23.3 Å². The Balaban J connectivity index is 2.53. The van der Waals surface area contributed by atoms with Gasteiger partial charge in [0.1, 0.15) is 0 Å². The third-order valence-corrected chi connectivity index (χ3v) is 2.32. The molecule has 8 heteroatoms. The smallest absolute Gasteiger partial charge is 0.269 e. The van der Waals surface area contributed by atoms with Crippen LogP contribution in [0.25, 0.3) is 0 Å². The lowest BCUT2D eigenvalue weighted by atomic mass is 9.96. The summed E-state index contributed by atoms with van der Waals surface area (Å²) in [6.07, 6.45) is 0. The van der Waals surface area contributed by atoms with E-state index >= 15 is 0 Å². The summed E-state index contributed by atoms with van der Waals surface area (Å²) in [5.74, 6) is 0.536. The van der Waals surface area contributed by atoms with Gasteiger partial charge in [0.2, 0.25) is 5.91 Å². The van der Waals surface area contributed by atoms with E-state index < -0.39 is 5.41 Å². The number of amides is 1. The first-order chi connectivity index (χ1) is 8.68. The fourth-order valence-electron chi connectivity index (χ4n) is 1.12. The Morgan fingerprint density at radius 1 is 1.42 bits per heavy atom. The number of nitrogens with zero attached hydrogens (tertiary/aromatic N) is 4. The molecule has 106 valence electrons. The van der Waals surface area contributed by atoms with Gasteiger partial charge in [-0.15, -0.1) is 5.10 Å². The maximum Gasteiger partial charge on any atom is 0.269 e. The highest BCUT2D eigenvalue weighted by Gasteiger charge is 2.22.